The Morgan fingerprint density at radius 1 is 2.00 bits per heavy atom. The second-order valence-corrected chi connectivity index (χ2v) is 1.92. The minimum absolute atomic E-state index is 1.16. The van der Waals surface area contributed by atoms with Crippen molar-refractivity contribution in [3.63, 3.8) is 0 Å². The Bertz CT molecular complexity index is 36.6. The molecule has 0 fully saturated rings. The predicted octanol–water partition coefficient (Wildman–Crippen LogP) is 0.950. The van der Waals surface area contributed by atoms with Crippen LogP contribution in [0.4, 0.5) is 0 Å². The lowest BCUT2D eigenvalue weighted by atomic mass is 11.5. The van der Waals surface area contributed by atoms with Crippen molar-refractivity contribution in [2.45, 2.75) is 0 Å². The third-order valence-electron chi connectivity index (χ3n) is 0.113. The Hall–Kier alpha value is 0.130. The van der Waals surface area contributed by atoms with Crippen molar-refractivity contribution in [2.24, 2.45) is 5.29 Å². The van der Waals surface area contributed by atoms with Gasteiger partial charge in [0.2, 0.25) is 0 Å². The largest absolute Gasteiger partial charge is 0.203 e. The number of nitrogens with zero attached hydrogens (tertiary/aromatic N) is 2. The van der Waals surface area contributed by atoms with Gasteiger partial charge in [-0.1, -0.05) is 0 Å². The third kappa shape index (κ3) is 4.13. The SMILES string of the molecule is CN(I)N=O. The first-order chi connectivity index (χ1) is 2.27. The molecular weight excluding hydrogens is 183 g/mol. The van der Waals surface area contributed by atoms with E-state index < -0.39 is 0 Å². The highest BCUT2D eigenvalue weighted by molar-refractivity contribution is 14.1. The van der Waals surface area contributed by atoms with Crippen LogP contribution in [0.2, 0.25) is 0 Å². The molecule has 0 aliphatic rings. The summed E-state index contributed by atoms with van der Waals surface area (Å²) in [6.07, 6.45) is 0. The van der Waals surface area contributed by atoms with Crippen molar-refractivity contribution in [3.8, 4) is 0 Å². The molecule has 0 saturated carbocycles. The number of rotatable bonds is 1. The van der Waals surface area contributed by atoms with Crippen LogP contribution in [0.25, 0.3) is 0 Å². The molecule has 0 N–H and O–H groups in total. The monoisotopic (exact) mass is 186 g/mol. The van der Waals surface area contributed by atoms with Crippen molar-refractivity contribution in [3.05, 3.63) is 4.91 Å². The zero-order valence-corrected chi connectivity index (χ0v) is 4.84. The topological polar surface area (TPSA) is 32.7 Å². The van der Waals surface area contributed by atoms with E-state index in [0.29, 0.717) is 0 Å². The summed E-state index contributed by atoms with van der Waals surface area (Å²) in [5, 5.41) is 2.46. The summed E-state index contributed by atoms with van der Waals surface area (Å²) in [5.74, 6) is 0. The van der Waals surface area contributed by atoms with Crippen LogP contribution < -0.4 is 0 Å². The Morgan fingerprint density at radius 2 is 2.20 bits per heavy atom. The first kappa shape index (κ1) is 5.13. The molecule has 0 atom stereocenters. The van der Waals surface area contributed by atoms with E-state index in [1.165, 1.54) is 0 Å². The van der Waals surface area contributed by atoms with Crippen LogP contribution in [-0.4, -0.2) is 10.3 Å². The van der Waals surface area contributed by atoms with E-state index >= 15 is 0 Å². The van der Waals surface area contributed by atoms with Gasteiger partial charge < -0.3 is 0 Å². The number of hydrogen-bond acceptors (Lipinski definition) is 2. The fourth-order valence-corrected chi connectivity index (χ4v) is 0. The molecule has 0 rings (SSSR count). The van der Waals surface area contributed by atoms with Gasteiger partial charge >= 0.3 is 0 Å². The van der Waals surface area contributed by atoms with Gasteiger partial charge in [-0.25, -0.2) is 3.22 Å². The van der Waals surface area contributed by atoms with E-state index in [9.17, 15) is 4.91 Å². The van der Waals surface area contributed by atoms with Crippen LogP contribution in [0.1, 0.15) is 0 Å². The first-order valence-corrected chi connectivity index (χ1v) is 1.96. The Labute approximate surface area is 43.8 Å². The van der Waals surface area contributed by atoms with Gasteiger partial charge in [0.15, 0.2) is 0 Å². The van der Waals surface area contributed by atoms with Gasteiger partial charge in [0.05, 0.1) is 28.2 Å². The van der Waals surface area contributed by atoms with Gasteiger partial charge in [-0.2, -0.15) is 0 Å². The highest BCUT2D eigenvalue weighted by atomic mass is 127. The molecule has 4 heteroatoms. The Morgan fingerprint density at radius 3 is 2.20 bits per heavy atom. The summed E-state index contributed by atoms with van der Waals surface area (Å²) >= 11 is 1.76. The predicted molar refractivity (Wildman–Crippen MR) is 27.6 cm³/mol. The van der Waals surface area contributed by atoms with E-state index in [1.54, 1.807) is 29.9 Å². The quantitative estimate of drug-likeness (QED) is 0.264. The van der Waals surface area contributed by atoms with Gasteiger partial charge in [-0.15, -0.1) is 4.91 Å². The number of hydrogen-bond donors (Lipinski definition) is 0. The summed E-state index contributed by atoms with van der Waals surface area (Å²) in [6.45, 7) is 0. The second kappa shape index (κ2) is 2.37. The van der Waals surface area contributed by atoms with E-state index in [0.717, 1.165) is 3.22 Å². The smallest absolute Gasteiger partial charge is 0.0811 e. The van der Waals surface area contributed by atoms with E-state index in [-0.39, 0.29) is 0 Å². The van der Waals surface area contributed by atoms with Gasteiger partial charge in [-0.3, -0.25) is 0 Å². The average Bonchev–Trinajstić information content (AvgIpc) is 1.38. The lowest BCUT2D eigenvalue weighted by Gasteiger charge is -1.86. The van der Waals surface area contributed by atoms with Gasteiger partial charge in [0.25, 0.3) is 0 Å². The number of halogens is 1. The second-order valence-electron chi connectivity index (χ2n) is 0.526. The third-order valence-corrected chi connectivity index (χ3v) is 0.289. The maximum atomic E-state index is 9.17. The molecule has 0 bridgehead atoms. The van der Waals surface area contributed by atoms with Crippen LogP contribution >= 0.6 is 22.9 Å². The molecule has 0 aliphatic carbocycles. The highest BCUT2D eigenvalue weighted by Crippen LogP contribution is 1.88. The van der Waals surface area contributed by atoms with E-state index in [1.807, 2.05) is 0 Å². The zero-order chi connectivity index (χ0) is 4.28. The molecule has 0 heterocycles. The summed E-state index contributed by atoms with van der Waals surface area (Å²) in [7, 11) is 1.56. The van der Waals surface area contributed by atoms with Crippen molar-refractivity contribution in [2.75, 3.05) is 7.05 Å². The van der Waals surface area contributed by atoms with Gasteiger partial charge in [-0.05, 0) is 0 Å². The molecule has 0 saturated heterocycles. The van der Waals surface area contributed by atoms with Gasteiger partial charge in [0, 0.05) is 7.05 Å². The highest BCUT2D eigenvalue weighted by Gasteiger charge is 1.72. The van der Waals surface area contributed by atoms with Crippen molar-refractivity contribution in [1.29, 1.82) is 0 Å². The summed E-state index contributed by atoms with van der Waals surface area (Å²) in [4.78, 5) is 9.17. The summed E-state index contributed by atoms with van der Waals surface area (Å²) in [5.41, 5.74) is 0. The van der Waals surface area contributed by atoms with Crippen molar-refractivity contribution >= 4 is 22.9 Å². The lowest BCUT2D eigenvalue weighted by Crippen LogP contribution is -1.85. The molecule has 0 radical (unpaired) electrons. The zero-order valence-electron chi connectivity index (χ0n) is 2.68. The average molecular weight is 186 g/mol. The Kier molecular flexibility index (Phi) is 2.43. The fraction of sp³-hybridized carbons (Fsp3) is 1.00. The van der Waals surface area contributed by atoms with Crippen LogP contribution in [0.3, 0.4) is 0 Å². The normalized spacial score (nSPS) is 6.80. The summed E-state index contributed by atoms with van der Waals surface area (Å²) in [6, 6.07) is 0. The van der Waals surface area contributed by atoms with Crippen molar-refractivity contribution < 1.29 is 0 Å². The molecule has 5 heavy (non-hydrogen) atoms. The van der Waals surface area contributed by atoms with Crippen LogP contribution in [-0.2, 0) is 0 Å². The fourth-order valence-electron chi connectivity index (χ4n) is 0. The molecule has 0 aromatic carbocycles. The lowest BCUT2D eigenvalue weighted by molar-refractivity contribution is 0.657. The summed E-state index contributed by atoms with van der Waals surface area (Å²) < 4.78 is 1.16. The van der Waals surface area contributed by atoms with E-state index in [4.69, 9.17) is 0 Å². The molecule has 30 valence electrons. The number of nitroso groups, excluding NO2 is 1. The van der Waals surface area contributed by atoms with Crippen LogP contribution in [0.15, 0.2) is 5.29 Å². The van der Waals surface area contributed by atoms with E-state index in [2.05, 4.69) is 5.29 Å². The van der Waals surface area contributed by atoms with Crippen molar-refractivity contribution in [1.82, 2.24) is 3.22 Å². The van der Waals surface area contributed by atoms with Gasteiger partial charge in [0.1, 0.15) is 0 Å². The molecular formula is CH3IN2O. The standard InChI is InChI=1S/CH3IN2O/c1-4(2)3-5/h1H3. The minimum Gasteiger partial charge on any atom is -0.203 e. The molecule has 0 spiro atoms. The molecule has 0 amide bonds. The van der Waals surface area contributed by atoms with Crippen LogP contribution in [0, 0.1) is 4.91 Å². The molecule has 0 aromatic rings. The maximum Gasteiger partial charge on any atom is 0.0811 e. The van der Waals surface area contributed by atoms with Crippen LogP contribution in [0.5, 0.6) is 0 Å². The molecule has 0 aliphatic heterocycles. The first-order valence-electron chi connectivity index (χ1n) is 0.999. The molecule has 0 unspecified atom stereocenters. The maximum absolute atomic E-state index is 9.17. The molecule has 0 aromatic heterocycles. The minimum atomic E-state index is 1.16. The molecule has 3 nitrogen and oxygen atoms in total. The Balaban J connectivity index is 2.83.